The third kappa shape index (κ3) is 3.60. The Morgan fingerprint density at radius 1 is 1.00 bits per heavy atom. The largest absolute Gasteiger partial charge is 0.453 e. The Balaban J connectivity index is 2.16. The van der Waals surface area contributed by atoms with Gasteiger partial charge >= 0.3 is 6.18 Å². The van der Waals surface area contributed by atoms with Gasteiger partial charge in [-0.1, -0.05) is 29.8 Å². The van der Waals surface area contributed by atoms with Crippen LogP contribution in [0.2, 0.25) is 0 Å². The molecule has 2 N–H and O–H groups in total. The van der Waals surface area contributed by atoms with Crippen LogP contribution >= 0.6 is 0 Å². The van der Waals surface area contributed by atoms with Crippen molar-refractivity contribution in [2.75, 3.05) is 0 Å². The molecule has 0 saturated heterocycles. The minimum absolute atomic E-state index is 0.0133. The summed E-state index contributed by atoms with van der Waals surface area (Å²) < 4.78 is 62.9. The van der Waals surface area contributed by atoms with E-state index in [0.717, 1.165) is 10.2 Å². The van der Waals surface area contributed by atoms with Crippen LogP contribution < -0.4 is 5.14 Å². The molecule has 3 rings (SSSR count). The van der Waals surface area contributed by atoms with Crippen LogP contribution in [0.15, 0.2) is 53.4 Å². The molecule has 3 aromatic rings. The molecule has 136 valence electrons. The SMILES string of the molecule is Cc1ccc(-c2nc(C(F)(F)F)nn2-c2ccc(S(N)(=O)=O)cc2)cc1. The molecule has 0 aliphatic rings. The maximum Gasteiger partial charge on any atom is 0.453 e. The summed E-state index contributed by atoms with van der Waals surface area (Å²) in [6, 6.07) is 11.8. The number of hydrogen-bond donors (Lipinski definition) is 1. The van der Waals surface area contributed by atoms with Crippen LogP contribution in [-0.2, 0) is 16.2 Å². The Kier molecular flexibility index (Phi) is 4.32. The average Bonchev–Trinajstić information content (AvgIpc) is 3.00. The third-order valence-electron chi connectivity index (χ3n) is 3.58. The van der Waals surface area contributed by atoms with Gasteiger partial charge in [0.2, 0.25) is 10.0 Å². The van der Waals surface area contributed by atoms with E-state index >= 15 is 0 Å². The van der Waals surface area contributed by atoms with Crippen molar-refractivity contribution in [3.05, 3.63) is 59.9 Å². The fourth-order valence-corrected chi connectivity index (χ4v) is 2.79. The molecule has 0 radical (unpaired) electrons. The van der Waals surface area contributed by atoms with E-state index in [-0.39, 0.29) is 16.4 Å². The van der Waals surface area contributed by atoms with Gasteiger partial charge < -0.3 is 0 Å². The van der Waals surface area contributed by atoms with Gasteiger partial charge in [0.1, 0.15) is 0 Å². The summed E-state index contributed by atoms with van der Waals surface area (Å²) in [5, 5.41) is 8.57. The summed E-state index contributed by atoms with van der Waals surface area (Å²) in [5.41, 5.74) is 1.60. The van der Waals surface area contributed by atoms with E-state index < -0.39 is 22.0 Å². The Bertz CT molecular complexity index is 1040. The predicted octanol–water partition coefficient (Wildman–Crippen LogP) is 2.91. The van der Waals surface area contributed by atoms with Crippen molar-refractivity contribution in [1.29, 1.82) is 0 Å². The fourth-order valence-electron chi connectivity index (χ4n) is 2.28. The highest BCUT2D eigenvalue weighted by Crippen LogP contribution is 2.30. The van der Waals surface area contributed by atoms with E-state index in [1.54, 1.807) is 24.3 Å². The van der Waals surface area contributed by atoms with Crippen LogP contribution in [0.3, 0.4) is 0 Å². The quantitative estimate of drug-likeness (QED) is 0.754. The lowest BCUT2D eigenvalue weighted by Crippen LogP contribution is -2.12. The van der Waals surface area contributed by atoms with Gasteiger partial charge in [-0.05, 0) is 31.2 Å². The van der Waals surface area contributed by atoms with Gasteiger partial charge in [-0.25, -0.2) is 23.2 Å². The summed E-state index contributed by atoms with van der Waals surface area (Å²) in [5.74, 6) is -1.30. The molecule has 0 aliphatic carbocycles. The van der Waals surface area contributed by atoms with E-state index in [4.69, 9.17) is 5.14 Å². The van der Waals surface area contributed by atoms with Crippen molar-refractivity contribution < 1.29 is 21.6 Å². The summed E-state index contributed by atoms with van der Waals surface area (Å²) in [6.07, 6.45) is -4.72. The number of rotatable bonds is 3. The summed E-state index contributed by atoms with van der Waals surface area (Å²) in [4.78, 5) is 3.45. The molecule has 1 heterocycles. The van der Waals surface area contributed by atoms with Crippen LogP contribution in [0, 0.1) is 6.92 Å². The van der Waals surface area contributed by atoms with Crippen LogP contribution in [0.4, 0.5) is 13.2 Å². The zero-order valence-corrected chi connectivity index (χ0v) is 14.2. The molecule has 0 amide bonds. The molecular weight excluding hydrogens is 369 g/mol. The first-order valence-electron chi connectivity index (χ1n) is 7.30. The van der Waals surface area contributed by atoms with E-state index in [1.165, 1.54) is 24.3 Å². The Labute approximate surface area is 147 Å². The van der Waals surface area contributed by atoms with Crippen molar-refractivity contribution in [1.82, 2.24) is 14.8 Å². The molecule has 2 aromatic carbocycles. The average molecular weight is 382 g/mol. The van der Waals surface area contributed by atoms with E-state index in [2.05, 4.69) is 10.1 Å². The highest BCUT2D eigenvalue weighted by Gasteiger charge is 2.37. The first-order chi connectivity index (χ1) is 12.1. The highest BCUT2D eigenvalue weighted by molar-refractivity contribution is 7.89. The van der Waals surface area contributed by atoms with Gasteiger partial charge in [0.25, 0.3) is 5.82 Å². The number of sulfonamides is 1. The number of hydrogen-bond acceptors (Lipinski definition) is 4. The Morgan fingerprint density at radius 3 is 2.08 bits per heavy atom. The van der Waals surface area contributed by atoms with Crippen molar-refractivity contribution in [3.8, 4) is 17.1 Å². The van der Waals surface area contributed by atoms with Gasteiger partial charge in [0.05, 0.1) is 10.6 Å². The van der Waals surface area contributed by atoms with Gasteiger partial charge in [-0.15, -0.1) is 5.10 Å². The first kappa shape index (κ1) is 18.1. The number of nitrogens with zero attached hydrogens (tertiary/aromatic N) is 3. The highest BCUT2D eigenvalue weighted by atomic mass is 32.2. The van der Waals surface area contributed by atoms with Crippen LogP contribution in [0.1, 0.15) is 11.4 Å². The fraction of sp³-hybridized carbons (Fsp3) is 0.125. The second kappa shape index (κ2) is 6.22. The number of halogens is 3. The molecule has 0 bridgehead atoms. The molecule has 0 spiro atoms. The van der Waals surface area contributed by atoms with Crippen molar-refractivity contribution in [3.63, 3.8) is 0 Å². The minimum atomic E-state index is -4.72. The third-order valence-corrected chi connectivity index (χ3v) is 4.51. The standard InChI is InChI=1S/C16H13F3N4O2S/c1-10-2-4-11(5-3-10)14-21-15(16(17,18)19)22-23(14)12-6-8-13(9-7-12)26(20,24)25/h2-9H,1H3,(H2,20,24,25). The van der Waals surface area contributed by atoms with Gasteiger partial charge in [-0.3, -0.25) is 0 Å². The molecule has 10 heteroatoms. The molecule has 1 aromatic heterocycles. The summed E-state index contributed by atoms with van der Waals surface area (Å²) in [6.45, 7) is 1.85. The zero-order valence-electron chi connectivity index (χ0n) is 13.4. The van der Waals surface area contributed by atoms with Crippen LogP contribution in [-0.4, -0.2) is 23.2 Å². The molecule has 0 fully saturated rings. The molecule has 6 nitrogen and oxygen atoms in total. The molecule has 0 unspecified atom stereocenters. The van der Waals surface area contributed by atoms with E-state index in [0.29, 0.717) is 5.56 Å². The normalized spacial score (nSPS) is 12.3. The Hall–Kier alpha value is -2.72. The number of primary sulfonamides is 1. The molecule has 0 aliphatic heterocycles. The summed E-state index contributed by atoms with van der Waals surface area (Å²) >= 11 is 0. The monoisotopic (exact) mass is 382 g/mol. The maximum atomic E-state index is 13.1. The first-order valence-corrected chi connectivity index (χ1v) is 8.85. The zero-order chi connectivity index (χ0) is 19.1. The minimum Gasteiger partial charge on any atom is -0.225 e. The lowest BCUT2D eigenvalue weighted by atomic mass is 10.1. The number of nitrogens with two attached hydrogens (primary N) is 1. The number of aryl methyl sites for hydroxylation is 1. The molecular formula is C16H13F3N4O2S. The van der Waals surface area contributed by atoms with Crippen LogP contribution in [0.25, 0.3) is 17.1 Å². The number of alkyl halides is 3. The maximum absolute atomic E-state index is 13.1. The van der Waals surface area contributed by atoms with Crippen molar-refractivity contribution in [2.24, 2.45) is 5.14 Å². The summed E-state index contributed by atoms with van der Waals surface area (Å²) in [7, 11) is -3.91. The van der Waals surface area contributed by atoms with Gasteiger partial charge in [0.15, 0.2) is 5.82 Å². The van der Waals surface area contributed by atoms with E-state index in [1.807, 2.05) is 6.92 Å². The van der Waals surface area contributed by atoms with Crippen molar-refractivity contribution in [2.45, 2.75) is 18.0 Å². The van der Waals surface area contributed by atoms with E-state index in [9.17, 15) is 21.6 Å². The lowest BCUT2D eigenvalue weighted by Gasteiger charge is -2.07. The molecule has 0 saturated carbocycles. The van der Waals surface area contributed by atoms with Crippen molar-refractivity contribution >= 4 is 10.0 Å². The lowest BCUT2D eigenvalue weighted by molar-refractivity contribution is -0.144. The molecule has 26 heavy (non-hydrogen) atoms. The number of benzene rings is 2. The Morgan fingerprint density at radius 2 is 1.58 bits per heavy atom. The second-order valence-electron chi connectivity index (χ2n) is 5.57. The molecule has 0 atom stereocenters. The topological polar surface area (TPSA) is 90.9 Å². The second-order valence-corrected chi connectivity index (χ2v) is 7.13. The van der Waals surface area contributed by atoms with Gasteiger partial charge in [-0.2, -0.15) is 13.2 Å². The van der Waals surface area contributed by atoms with Crippen LogP contribution in [0.5, 0.6) is 0 Å². The smallest absolute Gasteiger partial charge is 0.225 e. The predicted molar refractivity (Wildman–Crippen MR) is 87.9 cm³/mol. The van der Waals surface area contributed by atoms with Gasteiger partial charge in [0, 0.05) is 5.56 Å². The number of aromatic nitrogens is 3.